The smallest absolute Gasteiger partial charge is 0.266 e. The number of amides is 1. The van der Waals surface area contributed by atoms with Gasteiger partial charge in [-0.25, -0.2) is 14.4 Å². The predicted octanol–water partition coefficient (Wildman–Crippen LogP) is 4.30. The summed E-state index contributed by atoms with van der Waals surface area (Å²) in [5.41, 5.74) is 1.03. The van der Waals surface area contributed by atoms with E-state index >= 15 is 0 Å². The molecule has 0 spiro atoms. The normalized spacial score (nSPS) is 14.2. The van der Waals surface area contributed by atoms with Gasteiger partial charge in [-0.1, -0.05) is 12.1 Å². The van der Waals surface area contributed by atoms with Crippen molar-refractivity contribution in [3.63, 3.8) is 0 Å². The van der Waals surface area contributed by atoms with Gasteiger partial charge in [-0.2, -0.15) is 0 Å². The average Bonchev–Trinajstić information content (AvgIpc) is 3.25. The molecule has 1 aromatic carbocycles. The van der Waals surface area contributed by atoms with Crippen LogP contribution in [0.15, 0.2) is 24.3 Å². The first-order valence-corrected chi connectivity index (χ1v) is 9.45. The van der Waals surface area contributed by atoms with Gasteiger partial charge in [0, 0.05) is 13.1 Å². The summed E-state index contributed by atoms with van der Waals surface area (Å²) < 4.78 is 13.9. The Balaban J connectivity index is 1.76. The van der Waals surface area contributed by atoms with E-state index in [1.54, 1.807) is 18.2 Å². The van der Waals surface area contributed by atoms with Gasteiger partial charge in [-0.3, -0.25) is 4.79 Å². The van der Waals surface area contributed by atoms with Crippen LogP contribution in [0.2, 0.25) is 0 Å². The Kier molecular flexibility index (Phi) is 4.32. The minimum Gasteiger partial charge on any atom is -0.356 e. The largest absolute Gasteiger partial charge is 0.356 e. The van der Waals surface area contributed by atoms with E-state index in [1.165, 1.54) is 17.4 Å². The van der Waals surface area contributed by atoms with Gasteiger partial charge >= 0.3 is 0 Å². The van der Waals surface area contributed by atoms with Crippen LogP contribution in [0, 0.1) is 19.7 Å². The molecule has 1 saturated heterocycles. The van der Waals surface area contributed by atoms with E-state index in [-0.39, 0.29) is 11.6 Å². The van der Waals surface area contributed by atoms with E-state index in [0.717, 1.165) is 47.5 Å². The number of hydrogen-bond acceptors (Lipinski definition) is 5. The lowest BCUT2D eigenvalue weighted by atomic mass is 10.2. The lowest BCUT2D eigenvalue weighted by Gasteiger charge is -2.18. The van der Waals surface area contributed by atoms with Crippen molar-refractivity contribution in [1.82, 2.24) is 9.97 Å². The number of rotatable bonds is 3. The van der Waals surface area contributed by atoms with Crippen molar-refractivity contribution in [3.05, 3.63) is 46.3 Å². The van der Waals surface area contributed by atoms with Crippen LogP contribution >= 0.6 is 11.3 Å². The number of carbonyl (C=O) groups excluding carboxylic acids is 1. The standard InChI is InChI=1S/C19H19FN4OS/c1-11-15-17(24-9-5-6-10-24)21-12(2)22-19(15)26-16(11)18(25)23-14-8-4-3-7-13(14)20/h3-4,7-8H,5-6,9-10H2,1-2H3,(H,23,25). The molecular weight excluding hydrogens is 351 g/mol. The molecule has 1 N–H and O–H groups in total. The first kappa shape index (κ1) is 16.9. The Morgan fingerprint density at radius 2 is 1.92 bits per heavy atom. The molecule has 3 heterocycles. The number of anilines is 2. The number of nitrogens with zero attached hydrogens (tertiary/aromatic N) is 3. The number of aryl methyl sites for hydroxylation is 2. The van der Waals surface area contributed by atoms with E-state index in [2.05, 4.69) is 20.2 Å². The molecule has 0 saturated carbocycles. The number of carbonyl (C=O) groups is 1. The van der Waals surface area contributed by atoms with Crippen LogP contribution in [-0.4, -0.2) is 29.0 Å². The molecule has 3 aromatic rings. The van der Waals surface area contributed by atoms with E-state index in [9.17, 15) is 9.18 Å². The SMILES string of the molecule is Cc1nc(N2CCCC2)c2c(C)c(C(=O)Nc3ccccc3F)sc2n1. The molecule has 26 heavy (non-hydrogen) atoms. The maximum absolute atomic E-state index is 13.9. The summed E-state index contributed by atoms with van der Waals surface area (Å²) in [5.74, 6) is 0.832. The first-order valence-electron chi connectivity index (χ1n) is 8.63. The van der Waals surface area contributed by atoms with E-state index in [1.807, 2.05) is 13.8 Å². The molecule has 0 bridgehead atoms. The van der Waals surface area contributed by atoms with E-state index in [4.69, 9.17) is 0 Å². The van der Waals surface area contributed by atoms with Gasteiger partial charge in [0.2, 0.25) is 0 Å². The minimum atomic E-state index is -0.451. The van der Waals surface area contributed by atoms with Crippen molar-refractivity contribution in [1.29, 1.82) is 0 Å². The Bertz CT molecular complexity index is 995. The van der Waals surface area contributed by atoms with Gasteiger partial charge in [0.25, 0.3) is 5.91 Å². The molecule has 2 aromatic heterocycles. The van der Waals surface area contributed by atoms with Crippen molar-refractivity contribution in [3.8, 4) is 0 Å². The number of para-hydroxylation sites is 1. The van der Waals surface area contributed by atoms with Crippen LogP contribution in [0.5, 0.6) is 0 Å². The van der Waals surface area contributed by atoms with Crippen molar-refractivity contribution in [2.24, 2.45) is 0 Å². The highest BCUT2D eigenvalue weighted by Gasteiger charge is 2.24. The third kappa shape index (κ3) is 2.92. The fourth-order valence-corrected chi connectivity index (χ4v) is 4.45. The van der Waals surface area contributed by atoms with Crippen molar-refractivity contribution >= 4 is 39.0 Å². The second-order valence-electron chi connectivity index (χ2n) is 6.46. The summed E-state index contributed by atoms with van der Waals surface area (Å²) in [4.78, 5) is 25.5. The fraction of sp³-hybridized carbons (Fsp3) is 0.316. The molecular formula is C19H19FN4OS. The van der Waals surface area contributed by atoms with Crippen molar-refractivity contribution in [2.45, 2.75) is 26.7 Å². The molecule has 0 aliphatic carbocycles. The van der Waals surface area contributed by atoms with Gasteiger partial charge in [0.05, 0.1) is 16.0 Å². The first-order chi connectivity index (χ1) is 12.5. The number of nitrogens with one attached hydrogen (secondary N) is 1. The maximum Gasteiger partial charge on any atom is 0.266 e. The Morgan fingerprint density at radius 1 is 1.19 bits per heavy atom. The van der Waals surface area contributed by atoms with Crippen LogP contribution in [0.4, 0.5) is 15.9 Å². The van der Waals surface area contributed by atoms with E-state index < -0.39 is 5.82 Å². The lowest BCUT2D eigenvalue weighted by Crippen LogP contribution is -2.20. The molecule has 1 aliphatic rings. The van der Waals surface area contributed by atoms with Crippen LogP contribution in [0.3, 0.4) is 0 Å². The molecule has 7 heteroatoms. The second-order valence-corrected chi connectivity index (χ2v) is 7.46. The molecule has 0 atom stereocenters. The highest BCUT2D eigenvalue weighted by Crippen LogP contribution is 2.37. The monoisotopic (exact) mass is 370 g/mol. The van der Waals surface area contributed by atoms with Crippen molar-refractivity contribution < 1.29 is 9.18 Å². The number of halogens is 1. The van der Waals surface area contributed by atoms with Crippen LogP contribution in [-0.2, 0) is 0 Å². The van der Waals surface area contributed by atoms with E-state index in [0.29, 0.717) is 10.7 Å². The summed E-state index contributed by atoms with van der Waals surface area (Å²) in [6, 6.07) is 6.16. The summed E-state index contributed by atoms with van der Waals surface area (Å²) >= 11 is 1.33. The Morgan fingerprint density at radius 3 is 2.65 bits per heavy atom. The quantitative estimate of drug-likeness (QED) is 0.747. The van der Waals surface area contributed by atoms with Crippen molar-refractivity contribution in [2.75, 3.05) is 23.3 Å². The van der Waals surface area contributed by atoms with Gasteiger partial charge in [-0.05, 0) is 44.4 Å². The predicted molar refractivity (Wildman–Crippen MR) is 103 cm³/mol. The van der Waals surface area contributed by atoms with Gasteiger partial charge < -0.3 is 10.2 Å². The lowest BCUT2D eigenvalue weighted by molar-refractivity contribution is 0.102. The number of thiophene rings is 1. The third-order valence-corrected chi connectivity index (χ3v) is 5.80. The molecule has 4 rings (SSSR count). The summed E-state index contributed by atoms with van der Waals surface area (Å²) in [7, 11) is 0. The summed E-state index contributed by atoms with van der Waals surface area (Å²) in [6.07, 6.45) is 2.29. The zero-order valence-electron chi connectivity index (χ0n) is 14.7. The summed E-state index contributed by atoms with van der Waals surface area (Å²) in [5, 5.41) is 3.60. The zero-order chi connectivity index (χ0) is 18.3. The average molecular weight is 370 g/mol. The maximum atomic E-state index is 13.9. The number of benzene rings is 1. The molecule has 134 valence electrons. The van der Waals surface area contributed by atoms with Crippen LogP contribution in [0.1, 0.15) is 33.9 Å². The zero-order valence-corrected chi connectivity index (χ0v) is 15.5. The number of aromatic nitrogens is 2. The highest BCUT2D eigenvalue weighted by molar-refractivity contribution is 7.20. The molecule has 1 amide bonds. The third-order valence-electron chi connectivity index (χ3n) is 4.62. The molecule has 5 nitrogen and oxygen atoms in total. The minimum absolute atomic E-state index is 0.177. The van der Waals surface area contributed by atoms with Crippen LogP contribution < -0.4 is 10.2 Å². The topological polar surface area (TPSA) is 58.1 Å². The second kappa shape index (κ2) is 6.64. The van der Waals surface area contributed by atoms with Gasteiger partial charge in [-0.15, -0.1) is 11.3 Å². The molecule has 1 fully saturated rings. The van der Waals surface area contributed by atoms with Gasteiger partial charge in [0.15, 0.2) is 0 Å². The van der Waals surface area contributed by atoms with Gasteiger partial charge in [0.1, 0.15) is 22.3 Å². The number of hydrogen-bond donors (Lipinski definition) is 1. The fourth-order valence-electron chi connectivity index (χ4n) is 3.34. The van der Waals surface area contributed by atoms with Crippen LogP contribution in [0.25, 0.3) is 10.2 Å². The highest BCUT2D eigenvalue weighted by atomic mass is 32.1. The molecule has 0 unspecified atom stereocenters. The summed E-state index contributed by atoms with van der Waals surface area (Å²) in [6.45, 7) is 5.72. The Hall–Kier alpha value is -2.54. The Labute approximate surface area is 154 Å². The molecule has 1 aliphatic heterocycles. The molecule has 0 radical (unpaired) electrons. The number of fused-ring (bicyclic) bond motifs is 1.